The highest BCUT2D eigenvalue weighted by molar-refractivity contribution is 6.03. The zero-order valence-corrected chi connectivity index (χ0v) is 18.4. The van der Waals surface area contributed by atoms with Crippen LogP contribution in [0.3, 0.4) is 0 Å². The van der Waals surface area contributed by atoms with E-state index in [-0.39, 0.29) is 0 Å². The lowest BCUT2D eigenvalue weighted by molar-refractivity contribution is 1.06. The molecule has 0 aromatic heterocycles. The summed E-state index contributed by atoms with van der Waals surface area (Å²) in [6.45, 7) is 12.0. The molecule has 0 aliphatic rings. The standard InChI is InChI=1S/C32H28/c1-4-7-8-10-15-24-20-28(26-16-11-9-12-17-26)23-29(21-24)32-30(6-3)25(5-2)22-27-18-13-14-19-31(27)32/h4-6,9-23H,1-3,7-8H2/b15-10+. The van der Waals surface area contributed by atoms with E-state index >= 15 is 0 Å². The fourth-order valence-electron chi connectivity index (χ4n) is 4.21. The molecule has 0 N–H and O–H groups in total. The van der Waals surface area contributed by atoms with Crippen molar-refractivity contribution < 1.29 is 0 Å². The van der Waals surface area contributed by atoms with E-state index in [1.165, 1.54) is 38.6 Å². The number of allylic oxidation sites excluding steroid dienone is 2. The van der Waals surface area contributed by atoms with Gasteiger partial charge in [0.1, 0.15) is 0 Å². The van der Waals surface area contributed by atoms with Gasteiger partial charge in [-0.3, -0.25) is 0 Å². The number of rotatable bonds is 8. The van der Waals surface area contributed by atoms with Crippen molar-refractivity contribution in [2.45, 2.75) is 12.8 Å². The first-order valence-corrected chi connectivity index (χ1v) is 11.0. The Bertz CT molecular complexity index is 1300. The summed E-state index contributed by atoms with van der Waals surface area (Å²) in [7, 11) is 0. The van der Waals surface area contributed by atoms with E-state index in [0.717, 1.165) is 24.0 Å². The number of unbranched alkanes of at least 4 members (excludes halogenated alkanes) is 1. The van der Waals surface area contributed by atoms with E-state index in [0.29, 0.717) is 0 Å². The largest absolute Gasteiger partial charge is 0.103 e. The van der Waals surface area contributed by atoms with Crippen LogP contribution >= 0.6 is 0 Å². The zero-order valence-electron chi connectivity index (χ0n) is 18.4. The Morgan fingerprint density at radius 3 is 2.16 bits per heavy atom. The molecule has 32 heavy (non-hydrogen) atoms. The second kappa shape index (κ2) is 9.94. The Morgan fingerprint density at radius 2 is 1.41 bits per heavy atom. The maximum atomic E-state index is 4.13. The smallest absolute Gasteiger partial charge is 0.00266 e. The van der Waals surface area contributed by atoms with Crippen LogP contribution in [0, 0.1) is 0 Å². The van der Waals surface area contributed by atoms with Gasteiger partial charge in [0.2, 0.25) is 0 Å². The second-order valence-corrected chi connectivity index (χ2v) is 7.86. The van der Waals surface area contributed by atoms with Gasteiger partial charge in [0.15, 0.2) is 0 Å². The van der Waals surface area contributed by atoms with E-state index in [4.69, 9.17) is 0 Å². The molecule has 0 saturated heterocycles. The van der Waals surface area contributed by atoms with Crippen molar-refractivity contribution >= 4 is 29.0 Å². The third-order valence-corrected chi connectivity index (χ3v) is 5.74. The van der Waals surface area contributed by atoms with Gasteiger partial charge < -0.3 is 0 Å². The van der Waals surface area contributed by atoms with Crippen LogP contribution < -0.4 is 0 Å². The third-order valence-electron chi connectivity index (χ3n) is 5.74. The Morgan fingerprint density at radius 1 is 0.656 bits per heavy atom. The van der Waals surface area contributed by atoms with Crippen LogP contribution in [0.5, 0.6) is 0 Å². The van der Waals surface area contributed by atoms with Crippen LogP contribution in [0.15, 0.2) is 111 Å². The summed E-state index contributed by atoms with van der Waals surface area (Å²) < 4.78 is 0. The number of fused-ring (bicyclic) bond motifs is 1. The van der Waals surface area contributed by atoms with E-state index in [9.17, 15) is 0 Å². The molecule has 0 aliphatic heterocycles. The maximum Gasteiger partial charge on any atom is -0.00266 e. The van der Waals surface area contributed by atoms with Crippen molar-refractivity contribution in [2.24, 2.45) is 0 Å². The average molecular weight is 413 g/mol. The topological polar surface area (TPSA) is 0 Å². The normalized spacial score (nSPS) is 11.0. The first-order valence-electron chi connectivity index (χ1n) is 11.0. The summed E-state index contributed by atoms with van der Waals surface area (Å²) in [5.41, 5.74) is 8.20. The van der Waals surface area contributed by atoms with Crippen molar-refractivity contribution in [3.05, 3.63) is 127 Å². The molecule has 4 aromatic carbocycles. The molecule has 0 amide bonds. The molecule has 4 rings (SSSR count). The molecule has 0 heteroatoms. The summed E-state index contributed by atoms with van der Waals surface area (Å²) in [6.07, 6.45) is 12.2. The molecule has 4 aromatic rings. The molecule has 0 atom stereocenters. The highest BCUT2D eigenvalue weighted by atomic mass is 14.2. The second-order valence-electron chi connectivity index (χ2n) is 7.86. The zero-order chi connectivity index (χ0) is 22.3. The molecule has 156 valence electrons. The van der Waals surface area contributed by atoms with E-state index < -0.39 is 0 Å². The van der Waals surface area contributed by atoms with Gasteiger partial charge in [0.05, 0.1) is 0 Å². The molecule has 0 fully saturated rings. The molecule has 0 aliphatic carbocycles. The molecule has 0 radical (unpaired) electrons. The van der Waals surface area contributed by atoms with E-state index in [2.05, 4.69) is 111 Å². The van der Waals surface area contributed by atoms with E-state index in [1.54, 1.807) is 0 Å². The Balaban J connectivity index is 2.00. The lowest BCUT2D eigenvalue weighted by atomic mass is 9.87. The highest BCUT2D eigenvalue weighted by Gasteiger charge is 2.13. The summed E-state index contributed by atoms with van der Waals surface area (Å²) in [4.78, 5) is 0. The van der Waals surface area contributed by atoms with Crippen molar-refractivity contribution in [1.29, 1.82) is 0 Å². The Labute approximate surface area is 191 Å². The van der Waals surface area contributed by atoms with Gasteiger partial charge in [0.25, 0.3) is 0 Å². The van der Waals surface area contributed by atoms with Crippen molar-refractivity contribution in [3.63, 3.8) is 0 Å². The fourth-order valence-corrected chi connectivity index (χ4v) is 4.21. The van der Waals surface area contributed by atoms with Crippen LogP contribution in [0.25, 0.3) is 51.3 Å². The van der Waals surface area contributed by atoms with Gasteiger partial charge in [-0.05, 0) is 86.8 Å². The van der Waals surface area contributed by atoms with Gasteiger partial charge in [-0.2, -0.15) is 0 Å². The van der Waals surface area contributed by atoms with Crippen LogP contribution in [0.2, 0.25) is 0 Å². The molecule has 0 heterocycles. The van der Waals surface area contributed by atoms with E-state index in [1.807, 2.05) is 18.2 Å². The molecule has 0 spiro atoms. The lowest BCUT2D eigenvalue weighted by Crippen LogP contribution is -1.92. The van der Waals surface area contributed by atoms with Crippen LogP contribution in [-0.2, 0) is 0 Å². The van der Waals surface area contributed by atoms with Crippen molar-refractivity contribution in [1.82, 2.24) is 0 Å². The SMILES string of the molecule is C=CCC/C=C/c1cc(-c2ccccc2)cc(-c2c(C=C)c(C=C)cc3ccccc23)c1. The minimum absolute atomic E-state index is 0.981. The molecule has 0 nitrogen and oxygen atoms in total. The van der Waals surface area contributed by atoms with Gasteiger partial charge >= 0.3 is 0 Å². The van der Waals surface area contributed by atoms with Crippen molar-refractivity contribution in [2.75, 3.05) is 0 Å². The lowest BCUT2D eigenvalue weighted by Gasteiger charge is -2.16. The van der Waals surface area contributed by atoms with Gasteiger partial charge in [-0.25, -0.2) is 0 Å². The van der Waals surface area contributed by atoms with Crippen LogP contribution in [-0.4, -0.2) is 0 Å². The summed E-state index contributed by atoms with van der Waals surface area (Å²) in [5.74, 6) is 0. The first-order chi connectivity index (χ1) is 15.7. The van der Waals surface area contributed by atoms with Crippen LogP contribution in [0.4, 0.5) is 0 Å². The Hall–Kier alpha value is -3.90. The summed E-state index contributed by atoms with van der Waals surface area (Å²) in [6, 6.07) is 28.1. The van der Waals surface area contributed by atoms with Crippen molar-refractivity contribution in [3.8, 4) is 22.3 Å². The van der Waals surface area contributed by atoms with Gasteiger partial charge in [-0.15, -0.1) is 6.58 Å². The van der Waals surface area contributed by atoms with Gasteiger partial charge in [0, 0.05) is 0 Å². The summed E-state index contributed by atoms with van der Waals surface area (Å²) in [5, 5.41) is 2.43. The fraction of sp³-hybridized carbons (Fsp3) is 0.0625. The summed E-state index contributed by atoms with van der Waals surface area (Å²) >= 11 is 0. The van der Waals surface area contributed by atoms with Crippen LogP contribution in [0.1, 0.15) is 29.5 Å². The number of hydrogen-bond acceptors (Lipinski definition) is 0. The monoisotopic (exact) mass is 412 g/mol. The minimum atomic E-state index is 0.981. The third kappa shape index (κ3) is 4.40. The molecular formula is C32H28. The van der Waals surface area contributed by atoms with Gasteiger partial charge in [-0.1, -0.05) is 98.1 Å². The quantitative estimate of drug-likeness (QED) is 0.200. The molecular weight excluding hydrogens is 384 g/mol. The highest BCUT2D eigenvalue weighted by Crippen LogP contribution is 2.38. The Kier molecular flexibility index (Phi) is 6.63. The first kappa shape index (κ1) is 21.3. The molecule has 0 bridgehead atoms. The average Bonchev–Trinajstić information content (AvgIpc) is 2.85. The molecule has 0 unspecified atom stereocenters. The predicted molar refractivity (Wildman–Crippen MR) is 143 cm³/mol. The minimum Gasteiger partial charge on any atom is -0.103 e. The number of benzene rings is 4. The number of hydrogen-bond donors (Lipinski definition) is 0. The molecule has 0 saturated carbocycles. The maximum absolute atomic E-state index is 4.13. The predicted octanol–water partition coefficient (Wildman–Crippen LogP) is 9.44.